The third-order valence-corrected chi connectivity index (χ3v) is 4.17. The minimum absolute atomic E-state index is 0.0524. The van der Waals surface area contributed by atoms with Crippen LogP contribution in [0.4, 0.5) is 11.4 Å². The van der Waals surface area contributed by atoms with Gasteiger partial charge in [0.15, 0.2) is 0 Å². The first-order valence-electron chi connectivity index (χ1n) is 7.72. The van der Waals surface area contributed by atoms with E-state index in [4.69, 9.17) is 5.26 Å². The number of benzene rings is 1. The molecule has 1 fully saturated rings. The van der Waals surface area contributed by atoms with Crippen LogP contribution in [0.15, 0.2) is 42.7 Å². The van der Waals surface area contributed by atoms with Gasteiger partial charge >= 0.3 is 0 Å². The number of nitriles is 1. The van der Waals surface area contributed by atoms with Gasteiger partial charge in [-0.15, -0.1) is 0 Å². The first-order valence-corrected chi connectivity index (χ1v) is 7.72. The lowest BCUT2D eigenvalue weighted by Gasteiger charge is -2.35. The van der Waals surface area contributed by atoms with E-state index in [1.54, 1.807) is 18.5 Å². The van der Waals surface area contributed by atoms with Crippen LogP contribution < -0.4 is 4.90 Å². The van der Waals surface area contributed by atoms with Crippen molar-refractivity contribution >= 4 is 11.4 Å². The van der Waals surface area contributed by atoms with Crippen molar-refractivity contribution in [1.29, 1.82) is 5.26 Å². The SMILES string of the molecule is N#Cc1ccc([N+](=O)[O-])c(N2CCN(Cc3ccncc3)CC2)c1. The molecule has 1 aliphatic heterocycles. The highest BCUT2D eigenvalue weighted by Crippen LogP contribution is 2.30. The van der Waals surface area contributed by atoms with Crippen molar-refractivity contribution in [2.75, 3.05) is 31.1 Å². The Morgan fingerprint density at radius 1 is 1.17 bits per heavy atom. The molecule has 0 spiro atoms. The van der Waals surface area contributed by atoms with Gasteiger partial charge in [-0.3, -0.25) is 20.0 Å². The van der Waals surface area contributed by atoms with E-state index < -0.39 is 0 Å². The highest BCUT2D eigenvalue weighted by atomic mass is 16.6. The number of rotatable bonds is 4. The number of pyridine rings is 1. The van der Waals surface area contributed by atoms with E-state index in [0.717, 1.165) is 19.6 Å². The zero-order valence-corrected chi connectivity index (χ0v) is 13.1. The first-order chi connectivity index (χ1) is 11.7. The highest BCUT2D eigenvalue weighted by molar-refractivity contribution is 5.66. The van der Waals surface area contributed by atoms with E-state index in [9.17, 15) is 10.1 Å². The van der Waals surface area contributed by atoms with Crippen LogP contribution in [0, 0.1) is 21.4 Å². The molecular weight excluding hydrogens is 306 g/mol. The topological polar surface area (TPSA) is 86.3 Å². The predicted octanol–water partition coefficient (Wildman–Crippen LogP) is 2.18. The third-order valence-electron chi connectivity index (χ3n) is 4.17. The molecule has 0 radical (unpaired) electrons. The van der Waals surface area contributed by atoms with Gasteiger partial charge in [0.25, 0.3) is 5.69 Å². The summed E-state index contributed by atoms with van der Waals surface area (Å²) in [5.74, 6) is 0. The second-order valence-electron chi connectivity index (χ2n) is 5.69. The summed E-state index contributed by atoms with van der Waals surface area (Å²) in [5, 5.41) is 20.3. The van der Waals surface area contributed by atoms with Gasteiger partial charge < -0.3 is 4.90 Å². The molecule has 122 valence electrons. The average Bonchev–Trinajstić information content (AvgIpc) is 2.62. The van der Waals surface area contributed by atoms with Crippen LogP contribution in [0.1, 0.15) is 11.1 Å². The van der Waals surface area contributed by atoms with Crippen molar-refractivity contribution in [3.63, 3.8) is 0 Å². The van der Waals surface area contributed by atoms with Gasteiger partial charge in [0.2, 0.25) is 0 Å². The molecule has 7 nitrogen and oxygen atoms in total. The lowest BCUT2D eigenvalue weighted by Crippen LogP contribution is -2.46. The lowest BCUT2D eigenvalue weighted by molar-refractivity contribution is -0.384. The number of nitro groups is 1. The Labute approximate surface area is 139 Å². The number of nitrogens with zero attached hydrogens (tertiary/aromatic N) is 5. The largest absolute Gasteiger partial charge is 0.363 e. The molecule has 1 aromatic carbocycles. The van der Waals surface area contributed by atoms with Crippen LogP contribution >= 0.6 is 0 Å². The molecule has 0 bridgehead atoms. The van der Waals surface area contributed by atoms with Crippen molar-refractivity contribution in [2.45, 2.75) is 6.54 Å². The predicted molar refractivity (Wildman–Crippen MR) is 89.5 cm³/mol. The molecule has 3 rings (SSSR count). The maximum absolute atomic E-state index is 11.2. The normalized spacial score (nSPS) is 15.0. The van der Waals surface area contributed by atoms with Gasteiger partial charge in [-0.1, -0.05) is 0 Å². The van der Waals surface area contributed by atoms with Crippen LogP contribution in [0.25, 0.3) is 0 Å². The molecule has 0 atom stereocenters. The van der Waals surface area contributed by atoms with Crippen molar-refractivity contribution in [1.82, 2.24) is 9.88 Å². The molecular formula is C17H17N5O2. The molecule has 2 heterocycles. The number of piperazine rings is 1. The van der Waals surface area contributed by atoms with Crippen molar-refractivity contribution in [3.05, 3.63) is 64.0 Å². The Balaban J connectivity index is 1.70. The van der Waals surface area contributed by atoms with E-state index >= 15 is 0 Å². The van der Waals surface area contributed by atoms with E-state index in [1.807, 2.05) is 23.1 Å². The molecule has 0 N–H and O–H groups in total. The fourth-order valence-electron chi connectivity index (χ4n) is 2.89. The smallest absolute Gasteiger partial charge is 0.292 e. The second kappa shape index (κ2) is 7.06. The summed E-state index contributed by atoms with van der Waals surface area (Å²) in [4.78, 5) is 19.2. The minimum Gasteiger partial charge on any atom is -0.363 e. The lowest BCUT2D eigenvalue weighted by atomic mass is 10.1. The molecule has 1 saturated heterocycles. The maximum atomic E-state index is 11.2. The number of hydrogen-bond acceptors (Lipinski definition) is 6. The molecule has 7 heteroatoms. The van der Waals surface area contributed by atoms with Gasteiger partial charge in [-0.2, -0.15) is 5.26 Å². The quantitative estimate of drug-likeness (QED) is 0.633. The zero-order chi connectivity index (χ0) is 16.9. The number of aromatic nitrogens is 1. The van der Waals surface area contributed by atoms with E-state index in [-0.39, 0.29) is 10.6 Å². The summed E-state index contributed by atoms with van der Waals surface area (Å²) in [6, 6.07) is 10.5. The van der Waals surface area contributed by atoms with Crippen LogP contribution in [0.2, 0.25) is 0 Å². The summed E-state index contributed by atoms with van der Waals surface area (Å²) in [6.07, 6.45) is 3.56. The Morgan fingerprint density at radius 3 is 2.50 bits per heavy atom. The minimum atomic E-state index is -0.389. The molecule has 0 saturated carbocycles. The van der Waals surface area contributed by atoms with Gasteiger partial charge in [0, 0.05) is 51.2 Å². The summed E-state index contributed by atoms with van der Waals surface area (Å²) in [5.41, 5.74) is 2.23. The molecule has 0 unspecified atom stereocenters. The van der Waals surface area contributed by atoms with Crippen molar-refractivity contribution in [2.24, 2.45) is 0 Å². The number of anilines is 1. The van der Waals surface area contributed by atoms with E-state index in [0.29, 0.717) is 24.3 Å². The molecule has 0 amide bonds. The van der Waals surface area contributed by atoms with Gasteiger partial charge in [0.05, 0.1) is 16.6 Å². The fraction of sp³-hybridized carbons (Fsp3) is 0.294. The standard InChI is InChI=1S/C17H17N5O2/c18-12-15-1-2-16(22(23)24)17(11-15)21-9-7-20(8-10-21)13-14-3-5-19-6-4-14/h1-6,11H,7-10,13H2. The zero-order valence-electron chi connectivity index (χ0n) is 13.1. The van der Waals surface area contributed by atoms with Crippen molar-refractivity contribution in [3.8, 4) is 6.07 Å². The molecule has 24 heavy (non-hydrogen) atoms. The van der Waals surface area contributed by atoms with Crippen LogP contribution in [-0.2, 0) is 6.54 Å². The van der Waals surface area contributed by atoms with Crippen LogP contribution in [-0.4, -0.2) is 41.0 Å². The Morgan fingerprint density at radius 2 is 1.88 bits per heavy atom. The number of nitro benzene ring substituents is 1. The second-order valence-corrected chi connectivity index (χ2v) is 5.69. The summed E-state index contributed by atoms with van der Waals surface area (Å²) < 4.78 is 0. The summed E-state index contributed by atoms with van der Waals surface area (Å²) in [6.45, 7) is 3.87. The molecule has 0 aliphatic carbocycles. The monoisotopic (exact) mass is 323 g/mol. The average molecular weight is 323 g/mol. The third kappa shape index (κ3) is 3.50. The van der Waals surface area contributed by atoms with Gasteiger partial charge in [0.1, 0.15) is 5.69 Å². The van der Waals surface area contributed by atoms with E-state index in [2.05, 4.69) is 9.88 Å². The van der Waals surface area contributed by atoms with E-state index in [1.165, 1.54) is 17.7 Å². The van der Waals surface area contributed by atoms with Crippen LogP contribution in [0.3, 0.4) is 0 Å². The van der Waals surface area contributed by atoms with Crippen LogP contribution in [0.5, 0.6) is 0 Å². The molecule has 1 aromatic heterocycles. The van der Waals surface area contributed by atoms with Crippen molar-refractivity contribution < 1.29 is 4.92 Å². The maximum Gasteiger partial charge on any atom is 0.292 e. The number of hydrogen-bond donors (Lipinski definition) is 0. The van der Waals surface area contributed by atoms with Gasteiger partial charge in [-0.05, 0) is 29.8 Å². The molecule has 2 aromatic rings. The summed E-state index contributed by atoms with van der Waals surface area (Å²) >= 11 is 0. The van der Waals surface area contributed by atoms with Gasteiger partial charge in [-0.25, -0.2) is 0 Å². The summed E-state index contributed by atoms with van der Waals surface area (Å²) in [7, 11) is 0. The first kappa shape index (κ1) is 15.9. The Bertz CT molecular complexity index is 764. The Kier molecular flexibility index (Phi) is 4.68. The Hall–Kier alpha value is -2.98. The highest BCUT2D eigenvalue weighted by Gasteiger charge is 2.24. The molecule has 1 aliphatic rings. The fourth-order valence-corrected chi connectivity index (χ4v) is 2.89.